The summed E-state index contributed by atoms with van der Waals surface area (Å²) in [7, 11) is 0. The number of amides is 1. The number of unbranched alkanes of at least 4 members (excludes halogenated alkanes) is 19. The number of carbonyl (C=O) groups excluding carboxylic acids is 1. The number of hydrogen-bond donors (Lipinski definition) is 3. The van der Waals surface area contributed by atoms with Gasteiger partial charge in [-0.15, -0.1) is 0 Å². The number of aliphatic hydroxyl groups excluding tert-OH is 2. The standard InChI is InChI=1S/C53H91NO3/c1-3-5-7-9-11-13-14-15-16-17-18-19-20-21-22-23-24-25-26-27-28-29-30-31-32-33-34-35-36-37-38-39-40-41-43-45-47-49-53(57)54-51(50-55)52(56)48-46-44-42-12-10-8-6-4-2/h5,7,11,13,15-16,18-19,21-22,24-25,27-28,30-31,51-52,55-56H,3-4,6,8-10,12,14,17,20,23,26,29,32-50H2,1-2H3,(H,54,57)/b7-5-,13-11-,16-15-,19-18-,22-21-,25-24-,28-27-,31-30-. The second-order valence-electron chi connectivity index (χ2n) is 15.8. The lowest BCUT2D eigenvalue weighted by atomic mass is 10.0. The molecule has 0 rings (SSSR count). The van der Waals surface area contributed by atoms with E-state index in [-0.39, 0.29) is 12.5 Å². The molecule has 0 bridgehead atoms. The summed E-state index contributed by atoms with van der Waals surface area (Å²) in [6.45, 7) is 4.20. The summed E-state index contributed by atoms with van der Waals surface area (Å²) in [5.41, 5.74) is 0. The first-order valence-corrected chi connectivity index (χ1v) is 23.9. The van der Waals surface area contributed by atoms with Crippen molar-refractivity contribution in [1.29, 1.82) is 0 Å². The van der Waals surface area contributed by atoms with Gasteiger partial charge in [0.2, 0.25) is 5.91 Å². The maximum Gasteiger partial charge on any atom is 0.220 e. The molecule has 0 aromatic carbocycles. The van der Waals surface area contributed by atoms with Gasteiger partial charge in [-0.25, -0.2) is 0 Å². The maximum atomic E-state index is 12.4. The van der Waals surface area contributed by atoms with E-state index in [1.54, 1.807) is 0 Å². The van der Waals surface area contributed by atoms with Crippen LogP contribution in [0.15, 0.2) is 97.2 Å². The van der Waals surface area contributed by atoms with Crippen molar-refractivity contribution in [3.05, 3.63) is 97.2 Å². The summed E-state index contributed by atoms with van der Waals surface area (Å²) in [5, 5.41) is 23.0. The first kappa shape index (κ1) is 54.3. The smallest absolute Gasteiger partial charge is 0.220 e. The average molecular weight is 790 g/mol. The van der Waals surface area contributed by atoms with Gasteiger partial charge in [-0.05, 0) is 77.0 Å². The highest BCUT2D eigenvalue weighted by Crippen LogP contribution is 2.15. The first-order valence-electron chi connectivity index (χ1n) is 23.9. The molecule has 57 heavy (non-hydrogen) atoms. The Labute approximate surface area is 353 Å². The van der Waals surface area contributed by atoms with E-state index in [1.165, 1.54) is 109 Å². The van der Waals surface area contributed by atoms with Crippen molar-refractivity contribution < 1.29 is 15.0 Å². The molecular weight excluding hydrogens is 699 g/mol. The largest absolute Gasteiger partial charge is 0.394 e. The Morgan fingerprint density at radius 1 is 0.439 bits per heavy atom. The van der Waals surface area contributed by atoms with Crippen molar-refractivity contribution in [2.75, 3.05) is 6.61 Å². The fourth-order valence-corrected chi connectivity index (χ4v) is 6.73. The van der Waals surface area contributed by atoms with Gasteiger partial charge in [0.05, 0.1) is 18.8 Å². The molecule has 3 N–H and O–H groups in total. The van der Waals surface area contributed by atoms with E-state index in [9.17, 15) is 15.0 Å². The lowest BCUT2D eigenvalue weighted by Crippen LogP contribution is -2.45. The van der Waals surface area contributed by atoms with E-state index < -0.39 is 12.1 Å². The van der Waals surface area contributed by atoms with Crippen molar-refractivity contribution in [1.82, 2.24) is 5.32 Å². The van der Waals surface area contributed by atoms with E-state index >= 15 is 0 Å². The van der Waals surface area contributed by atoms with Gasteiger partial charge in [-0.3, -0.25) is 4.79 Å². The molecule has 4 heteroatoms. The zero-order chi connectivity index (χ0) is 41.4. The quantitative estimate of drug-likeness (QED) is 0.0426. The minimum Gasteiger partial charge on any atom is -0.394 e. The van der Waals surface area contributed by atoms with Crippen LogP contribution in [0.3, 0.4) is 0 Å². The van der Waals surface area contributed by atoms with E-state index in [0.717, 1.165) is 77.0 Å². The van der Waals surface area contributed by atoms with Crippen molar-refractivity contribution in [2.45, 2.75) is 225 Å². The highest BCUT2D eigenvalue weighted by atomic mass is 16.3. The van der Waals surface area contributed by atoms with Crippen molar-refractivity contribution in [3.8, 4) is 0 Å². The highest BCUT2D eigenvalue weighted by Gasteiger charge is 2.20. The molecule has 0 spiro atoms. The molecule has 2 atom stereocenters. The lowest BCUT2D eigenvalue weighted by molar-refractivity contribution is -0.123. The Balaban J connectivity index is 3.53. The molecule has 0 fully saturated rings. The molecule has 0 aromatic rings. The van der Waals surface area contributed by atoms with Gasteiger partial charge < -0.3 is 15.5 Å². The minimum absolute atomic E-state index is 0.0411. The topological polar surface area (TPSA) is 69.6 Å². The van der Waals surface area contributed by atoms with Crippen molar-refractivity contribution >= 4 is 5.91 Å². The van der Waals surface area contributed by atoms with Crippen LogP contribution in [0.5, 0.6) is 0 Å². The Morgan fingerprint density at radius 2 is 0.772 bits per heavy atom. The van der Waals surface area contributed by atoms with Crippen LogP contribution < -0.4 is 5.32 Å². The average Bonchev–Trinajstić information content (AvgIpc) is 3.22. The van der Waals surface area contributed by atoms with Crippen LogP contribution in [0.4, 0.5) is 0 Å². The fraction of sp³-hybridized carbons (Fsp3) is 0.679. The van der Waals surface area contributed by atoms with Gasteiger partial charge >= 0.3 is 0 Å². The normalized spacial score (nSPS) is 13.8. The van der Waals surface area contributed by atoms with E-state index in [1.807, 2.05) is 0 Å². The van der Waals surface area contributed by atoms with Crippen LogP contribution in [0.1, 0.15) is 213 Å². The van der Waals surface area contributed by atoms with Crippen LogP contribution >= 0.6 is 0 Å². The van der Waals surface area contributed by atoms with E-state index in [0.29, 0.717) is 12.8 Å². The van der Waals surface area contributed by atoms with Gasteiger partial charge in [-0.2, -0.15) is 0 Å². The maximum absolute atomic E-state index is 12.4. The van der Waals surface area contributed by atoms with Crippen LogP contribution in [-0.4, -0.2) is 34.9 Å². The van der Waals surface area contributed by atoms with Crippen LogP contribution in [0.2, 0.25) is 0 Å². The molecule has 0 aliphatic carbocycles. The molecule has 0 aliphatic heterocycles. The molecular formula is C53H91NO3. The molecule has 0 heterocycles. The molecule has 0 saturated carbocycles. The van der Waals surface area contributed by atoms with Gasteiger partial charge in [0.15, 0.2) is 0 Å². The summed E-state index contributed by atoms with van der Waals surface area (Å²) in [6, 6.07) is -0.539. The zero-order valence-corrected chi connectivity index (χ0v) is 37.3. The zero-order valence-electron chi connectivity index (χ0n) is 37.3. The monoisotopic (exact) mass is 790 g/mol. The molecule has 2 unspecified atom stereocenters. The first-order chi connectivity index (χ1) is 28.2. The van der Waals surface area contributed by atoms with Gasteiger partial charge in [0.25, 0.3) is 0 Å². The van der Waals surface area contributed by atoms with Gasteiger partial charge in [0.1, 0.15) is 0 Å². The number of carbonyl (C=O) groups is 1. The van der Waals surface area contributed by atoms with E-state index in [2.05, 4.69) is 116 Å². The predicted molar refractivity (Wildman–Crippen MR) is 253 cm³/mol. The molecule has 326 valence electrons. The Morgan fingerprint density at radius 3 is 1.16 bits per heavy atom. The molecule has 4 nitrogen and oxygen atoms in total. The minimum atomic E-state index is -0.662. The Hall–Kier alpha value is -2.69. The molecule has 0 saturated heterocycles. The van der Waals surface area contributed by atoms with Crippen LogP contribution in [-0.2, 0) is 4.79 Å². The van der Waals surface area contributed by atoms with Crippen LogP contribution in [0.25, 0.3) is 0 Å². The van der Waals surface area contributed by atoms with Crippen molar-refractivity contribution in [2.24, 2.45) is 0 Å². The number of allylic oxidation sites excluding steroid dienone is 16. The SMILES string of the molecule is CC/C=C\C/C=C\C/C=C\C/C=C\C/C=C\C/C=C\C/C=C\C/C=C\CCCCCCCCCCCCCCC(=O)NC(CO)C(O)CCCCCCCCCC. The van der Waals surface area contributed by atoms with Gasteiger partial charge in [-0.1, -0.05) is 227 Å². The lowest BCUT2D eigenvalue weighted by Gasteiger charge is -2.22. The third kappa shape index (κ3) is 44.3. The number of aliphatic hydroxyl groups is 2. The fourth-order valence-electron chi connectivity index (χ4n) is 6.73. The van der Waals surface area contributed by atoms with Crippen molar-refractivity contribution in [3.63, 3.8) is 0 Å². The molecule has 1 amide bonds. The molecule has 0 aliphatic rings. The van der Waals surface area contributed by atoms with Crippen LogP contribution in [0, 0.1) is 0 Å². The number of nitrogens with one attached hydrogen (secondary N) is 1. The second-order valence-corrected chi connectivity index (χ2v) is 15.8. The Bertz CT molecular complexity index is 1080. The summed E-state index contributed by atoms with van der Waals surface area (Å²) < 4.78 is 0. The molecule has 0 radical (unpaired) electrons. The third-order valence-corrected chi connectivity index (χ3v) is 10.4. The predicted octanol–water partition coefficient (Wildman–Crippen LogP) is 15.4. The number of rotatable bonds is 42. The Kier molecular flexibility index (Phi) is 45.4. The summed E-state index contributed by atoms with van der Waals surface area (Å²) in [4.78, 5) is 12.4. The van der Waals surface area contributed by atoms with Gasteiger partial charge in [0, 0.05) is 6.42 Å². The highest BCUT2D eigenvalue weighted by molar-refractivity contribution is 5.76. The summed E-state index contributed by atoms with van der Waals surface area (Å²) >= 11 is 0. The number of hydrogen-bond acceptors (Lipinski definition) is 3. The summed E-state index contributed by atoms with van der Waals surface area (Å²) in [6.07, 6.45) is 70.9. The molecule has 0 aromatic heterocycles. The summed E-state index contributed by atoms with van der Waals surface area (Å²) in [5.74, 6) is -0.0411. The van der Waals surface area contributed by atoms with E-state index in [4.69, 9.17) is 0 Å². The second kappa shape index (κ2) is 47.7. The third-order valence-electron chi connectivity index (χ3n) is 10.4.